The molecule has 1 aromatic heterocycles. The smallest absolute Gasteiger partial charge is 0.238 e. The van der Waals surface area contributed by atoms with Gasteiger partial charge in [0, 0.05) is 11.1 Å². The molecule has 0 unspecified atom stereocenters. The molecule has 1 aliphatic heterocycles. The van der Waals surface area contributed by atoms with E-state index in [1.165, 1.54) is 17.8 Å². The van der Waals surface area contributed by atoms with Crippen molar-refractivity contribution in [3.63, 3.8) is 0 Å². The number of amides is 1. The molecule has 0 radical (unpaired) electrons. The van der Waals surface area contributed by atoms with Crippen molar-refractivity contribution in [3.05, 3.63) is 71.2 Å². The van der Waals surface area contributed by atoms with E-state index in [1.54, 1.807) is 23.9 Å². The fourth-order valence-corrected chi connectivity index (χ4v) is 4.70. The topological polar surface area (TPSA) is 56.1 Å². The van der Waals surface area contributed by atoms with Gasteiger partial charge in [-0.2, -0.15) is 5.10 Å². The van der Waals surface area contributed by atoms with Gasteiger partial charge in [0.1, 0.15) is 17.4 Å². The number of hydrogen-bond donors (Lipinski definition) is 1. The number of nitrogens with zero attached hydrogens (tertiary/aromatic N) is 2. The number of nitrogens with one attached hydrogen (secondary N) is 1. The quantitative estimate of drug-likeness (QED) is 0.707. The van der Waals surface area contributed by atoms with E-state index < -0.39 is 0 Å². The molecule has 2 heterocycles. The summed E-state index contributed by atoms with van der Waals surface area (Å²) in [6.45, 7) is 3.72. The second kappa shape index (κ2) is 7.31. The Morgan fingerprint density at radius 2 is 1.89 bits per heavy atom. The standard InChI is InChI=1S/C21H20FN3O2S/c1-12-18-19(16-6-4-5-7-17(16)22)28-13(2)21(26)23-20(18)25(24-12)14-8-10-15(27-3)11-9-14/h4-11,13,19H,1-3H3,(H,23,26)/t13-,19-/m0/s1. The van der Waals surface area contributed by atoms with E-state index in [0.29, 0.717) is 11.4 Å². The molecule has 2 aromatic carbocycles. The van der Waals surface area contributed by atoms with Crippen molar-refractivity contribution >= 4 is 23.5 Å². The van der Waals surface area contributed by atoms with Gasteiger partial charge in [0.15, 0.2) is 0 Å². The van der Waals surface area contributed by atoms with Crippen LogP contribution in [0.2, 0.25) is 0 Å². The maximum absolute atomic E-state index is 14.6. The average molecular weight is 397 g/mol. The lowest BCUT2D eigenvalue weighted by Gasteiger charge is -2.18. The minimum Gasteiger partial charge on any atom is -0.497 e. The predicted molar refractivity (Wildman–Crippen MR) is 109 cm³/mol. The monoisotopic (exact) mass is 397 g/mol. The summed E-state index contributed by atoms with van der Waals surface area (Å²) in [7, 11) is 1.61. The van der Waals surface area contributed by atoms with Crippen LogP contribution in [0.25, 0.3) is 5.69 Å². The Bertz CT molecular complexity index is 1030. The number of benzene rings is 2. The second-order valence-electron chi connectivity index (χ2n) is 6.63. The summed E-state index contributed by atoms with van der Waals surface area (Å²) in [4.78, 5) is 12.6. The van der Waals surface area contributed by atoms with Crippen molar-refractivity contribution in [1.82, 2.24) is 9.78 Å². The number of aromatic nitrogens is 2. The summed E-state index contributed by atoms with van der Waals surface area (Å²) in [5.41, 5.74) is 2.91. The maximum Gasteiger partial charge on any atom is 0.238 e. The third kappa shape index (κ3) is 3.16. The lowest BCUT2D eigenvalue weighted by molar-refractivity contribution is -0.115. The van der Waals surface area contributed by atoms with Gasteiger partial charge < -0.3 is 10.1 Å². The second-order valence-corrected chi connectivity index (χ2v) is 8.08. The van der Waals surface area contributed by atoms with Crippen LogP contribution >= 0.6 is 11.8 Å². The zero-order chi connectivity index (χ0) is 19.8. The lowest BCUT2D eigenvalue weighted by Crippen LogP contribution is -2.22. The van der Waals surface area contributed by atoms with Crippen molar-refractivity contribution in [2.24, 2.45) is 0 Å². The Labute approximate surface area is 166 Å². The zero-order valence-electron chi connectivity index (χ0n) is 15.8. The molecule has 2 atom stereocenters. The van der Waals surface area contributed by atoms with Gasteiger partial charge in [0.25, 0.3) is 0 Å². The van der Waals surface area contributed by atoms with Gasteiger partial charge in [-0.05, 0) is 44.2 Å². The number of ether oxygens (including phenoxy) is 1. The minimum absolute atomic E-state index is 0.125. The fourth-order valence-electron chi connectivity index (χ4n) is 3.35. The van der Waals surface area contributed by atoms with E-state index in [2.05, 4.69) is 10.4 Å². The number of carbonyl (C=O) groups excluding carboxylic acids is 1. The SMILES string of the molecule is COc1ccc(-n2nc(C)c3c2NC(=O)[C@H](C)S[C@H]3c2ccccc2F)cc1. The van der Waals surface area contributed by atoms with Crippen LogP contribution in [0.15, 0.2) is 48.5 Å². The number of hydrogen-bond acceptors (Lipinski definition) is 4. The molecule has 0 aliphatic carbocycles. The molecule has 1 N–H and O–H groups in total. The van der Waals surface area contributed by atoms with Crippen LogP contribution in [-0.2, 0) is 4.79 Å². The lowest BCUT2D eigenvalue weighted by atomic mass is 10.0. The van der Waals surface area contributed by atoms with Crippen LogP contribution in [0.1, 0.15) is 29.0 Å². The van der Waals surface area contributed by atoms with E-state index in [1.807, 2.05) is 44.2 Å². The van der Waals surface area contributed by atoms with Crippen LogP contribution in [0.3, 0.4) is 0 Å². The van der Waals surface area contributed by atoms with Gasteiger partial charge in [-0.3, -0.25) is 4.79 Å². The number of aryl methyl sites for hydroxylation is 1. The van der Waals surface area contributed by atoms with Gasteiger partial charge in [-0.15, -0.1) is 11.8 Å². The number of halogens is 1. The van der Waals surface area contributed by atoms with Crippen LogP contribution in [0, 0.1) is 12.7 Å². The Balaban J connectivity index is 1.90. The van der Waals surface area contributed by atoms with Gasteiger partial charge in [0.05, 0.1) is 29.0 Å². The molecule has 5 nitrogen and oxygen atoms in total. The van der Waals surface area contributed by atoms with Gasteiger partial charge in [0.2, 0.25) is 5.91 Å². The van der Waals surface area contributed by atoms with Crippen LogP contribution in [0.4, 0.5) is 10.2 Å². The first-order chi connectivity index (χ1) is 13.5. The molecular weight excluding hydrogens is 377 g/mol. The van der Waals surface area contributed by atoms with Crippen molar-refractivity contribution in [2.45, 2.75) is 24.3 Å². The number of methoxy groups -OCH3 is 1. The molecular formula is C21H20FN3O2S. The van der Waals surface area contributed by atoms with Crippen molar-refractivity contribution in [1.29, 1.82) is 0 Å². The Morgan fingerprint density at radius 1 is 1.18 bits per heavy atom. The summed E-state index contributed by atoms with van der Waals surface area (Å²) < 4.78 is 21.5. The number of rotatable bonds is 3. The van der Waals surface area contributed by atoms with Crippen LogP contribution < -0.4 is 10.1 Å². The number of fused-ring (bicyclic) bond motifs is 1. The Kier molecular flexibility index (Phi) is 4.85. The fraction of sp³-hybridized carbons (Fsp3) is 0.238. The van der Waals surface area contributed by atoms with E-state index in [-0.39, 0.29) is 22.2 Å². The van der Waals surface area contributed by atoms with Crippen molar-refractivity contribution in [2.75, 3.05) is 12.4 Å². The first-order valence-corrected chi connectivity index (χ1v) is 9.88. The first kappa shape index (κ1) is 18.6. The summed E-state index contributed by atoms with van der Waals surface area (Å²) in [5.74, 6) is 0.901. The molecule has 1 aliphatic rings. The molecule has 3 aromatic rings. The molecule has 0 saturated heterocycles. The van der Waals surface area contributed by atoms with Crippen LogP contribution in [-0.4, -0.2) is 28.0 Å². The van der Waals surface area contributed by atoms with E-state index in [4.69, 9.17) is 4.74 Å². The minimum atomic E-state index is -0.336. The molecule has 0 bridgehead atoms. The first-order valence-electron chi connectivity index (χ1n) is 8.94. The molecule has 0 fully saturated rings. The van der Waals surface area contributed by atoms with E-state index in [9.17, 15) is 9.18 Å². The highest BCUT2D eigenvalue weighted by Crippen LogP contribution is 2.46. The number of carbonyl (C=O) groups is 1. The maximum atomic E-state index is 14.6. The normalized spacial score (nSPS) is 18.9. The third-order valence-corrected chi connectivity index (χ3v) is 6.21. The Morgan fingerprint density at radius 3 is 2.57 bits per heavy atom. The highest BCUT2D eigenvalue weighted by Gasteiger charge is 2.35. The average Bonchev–Trinajstić information content (AvgIpc) is 2.95. The highest BCUT2D eigenvalue weighted by molar-refractivity contribution is 8.01. The number of thioether (sulfide) groups is 1. The van der Waals surface area contributed by atoms with E-state index in [0.717, 1.165) is 22.7 Å². The van der Waals surface area contributed by atoms with Crippen molar-refractivity contribution < 1.29 is 13.9 Å². The van der Waals surface area contributed by atoms with Crippen molar-refractivity contribution in [3.8, 4) is 11.4 Å². The molecule has 4 rings (SSSR count). The third-order valence-electron chi connectivity index (χ3n) is 4.82. The van der Waals surface area contributed by atoms with E-state index >= 15 is 0 Å². The van der Waals surface area contributed by atoms with Crippen LogP contribution in [0.5, 0.6) is 5.75 Å². The molecule has 0 spiro atoms. The zero-order valence-corrected chi connectivity index (χ0v) is 16.6. The summed E-state index contributed by atoms with van der Waals surface area (Å²) in [5, 5.41) is 6.98. The predicted octanol–water partition coefficient (Wildman–Crippen LogP) is 4.49. The largest absolute Gasteiger partial charge is 0.497 e. The molecule has 0 saturated carbocycles. The molecule has 28 heavy (non-hydrogen) atoms. The highest BCUT2D eigenvalue weighted by atomic mass is 32.2. The van der Waals surface area contributed by atoms with Gasteiger partial charge in [-0.1, -0.05) is 18.2 Å². The van der Waals surface area contributed by atoms with Gasteiger partial charge in [-0.25, -0.2) is 9.07 Å². The summed E-state index contributed by atoms with van der Waals surface area (Å²) in [6.07, 6.45) is 0. The summed E-state index contributed by atoms with van der Waals surface area (Å²) >= 11 is 1.43. The summed E-state index contributed by atoms with van der Waals surface area (Å²) in [6, 6.07) is 14.1. The molecule has 144 valence electrons. The molecule has 1 amide bonds. The number of anilines is 1. The Hall–Kier alpha value is -2.80. The van der Waals surface area contributed by atoms with Gasteiger partial charge >= 0.3 is 0 Å². The molecule has 7 heteroatoms.